The molecule has 0 spiro atoms. The van der Waals surface area contributed by atoms with Gasteiger partial charge < -0.3 is 15.4 Å². The molecule has 0 aliphatic carbocycles. The van der Waals surface area contributed by atoms with Crippen LogP contribution in [0.25, 0.3) is 10.9 Å². The molecule has 2 heterocycles. The standard InChI is InChI=1S/C26H27ClFN3O4/c1-26(2,3)31-9-8-17(22(31)25(34)35)15-10-18-21(20(28)11-15)29-13-19(23(18)32)24(33)30-12-14-4-6-16(27)7-5-14/h4-7,10-11,13,17,22H,8-9,12H2,1-3H3,(H,29,32)(H,30,33)(H,34,35). The van der Waals surface area contributed by atoms with Gasteiger partial charge in [0.1, 0.15) is 17.4 Å². The lowest BCUT2D eigenvalue weighted by Crippen LogP contribution is -2.49. The minimum atomic E-state index is -0.993. The highest BCUT2D eigenvalue weighted by Crippen LogP contribution is 2.38. The van der Waals surface area contributed by atoms with Crippen LogP contribution in [0.15, 0.2) is 47.4 Å². The van der Waals surface area contributed by atoms with Crippen LogP contribution >= 0.6 is 11.6 Å². The number of aromatic nitrogens is 1. The van der Waals surface area contributed by atoms with E-state index in [2.05, 4.69) is 10.3 Å². The van der Waals surface area contributed by atoms with E-state index in [1.165, 1.54) is 18.3 Å². The van der Waals surface area contributed by atoms with Gasteiger partial charge in [0.2, 0.25) is 5.43 Å². The third-order valence-corrected chi connectivity index (χ3v) is 6.77. The normalized spacial score (nSPS) is 18.7. The molecular formula is C26H27ClFN3O4. The van der Waals surface area contributed by atoms with E-state index in [4.69, 9.17) is 11.6 Å². The van der Waals surface area contributed by atoms with Crippen LogP contribution in [-0.2, 0) is 11.3 Å². The molecule has 1 aromatic heterocycles. The molecule has 1 aliphatic rings. The van der Waals surface area contributed by atoms with Gasteiger partial charge in [0.25, 0.3) is 5.91 Å². The van der Waals surface area contributed by atoms with Crippen molar-refractivity contribution >= 4 is 34.4 Å². The van der Waals surface area contributed by atoms with Gasteiger partial charge in [0.05, 0.1) is 5.52 Å². The molecule has 35 heavy (non-hydrogen) atoms. The predicted molar refractivity (Wildman–Crippen MR) is 132 cm³/mol. The van der Waals surface area contributed by atoms with Crippen molar-refractivity contribution in [3.8, 4) is 0 Å². The van der Waals surface area contributed by atoms with Crippen molar-refractivity contribution in [1.82, 2.24) is 15.2 Å². The summed E-state index contributed by atoms with van der Waals surface area (Å²) in [5.74, 6) is -2.75. The lowest BCUT2D eigenvalue weighted by Gasteiger charge is -2.36. The number of carboxylic acids is 1. The second-order valence-corrected chi connectivity index (χ2v) is 10.2. The summed E-state index contributed by atoms with van der Waals surface area (Å²) in [5, 5.41) is 13.2. The van der Waals surface area contributed by atoms with Gasteiger partial charge in [-0.05, 0) is 62.6 Å². The summed E-state index contributed by atoms with van der Waals surface area (Å²) in [7, 11) is 0. The molecule has 1 saturated heterocycles. The SMILES string of the molecule is CC(C)(C)N1CCC(c2cc(F)c3[nH]cc(C(=O)NCc4ccc(Cl)cc4)c(=O)c3c2)C1C(=O)O. The first-order chi connectivity index (χ1) is 16.5. The molecule has 0 saturated carbocycles. The summed E-state index contributed by atoms with van der Waals surface area (Å²) in [5.41, 5.74) is 0.0489. The van der Waals surface area contributed by atoms with Crippen LogP contribution in [0.1, 0.15) is 54.6 Å². The Morgan fingerprint density at radius 1 is 1.23 bits per heavy atom. The highest BCUT2D eigenvalue weighted by molar-refractivity contribution is 6.30. The van der Waals surface area contributed by atoms with E-state index >= 15 is 4.39 Å². The average molecular weight is 500 g/mol. The minimum absolute atomic E-state index is 0.0116. The van der Waals surface area contributed by atoms with Crippen molar-refractivity contribution in [3.63, 3.8) is 0 Å². The van der Waals surface area contributed by atoms with E-state index in [1.54, 1.807) is 24.3 Å². The molecule has 1 amide bonds. The number of carbonyl (C=O) groups is 2. The zero-order valence-corrected chi connectivity index (χ0v) is 20.4. The first-order valence-electron chi connectivity index (χ1n) is 11.3. The van der Waals surface area contributed by atoms with Crippen LogP contribution in [0, 0.1) is 5.82 Å². The highest BCUT2D eigenvalue weighted by atomic mass is 35.5. The van der Waals surface area contributed by atoms with E-state index in [9.17, 15) is 19.5 Å². The van der Waals surface area contributed by atoms with Crippen molar-refractivity contribution in [2.45, 2.75) is 51.2 Å². The molecule has 3 N–H and O–H groups in total. The van der Waals surface area contributed by atoms with Crippen molar-refractivity contribution < 1.29 is 19.1 Å². The number of rotatable bonds is 5. The van der Waals surface area contributed by atoms with Gasteiger partial charge in [0.15, 0.2) is 0 Å². The summed E-state index contributed by atoms with van der Waals surface area (Å²) < 4.78 is 15.0. The number of carboxylic acid groups (broad SMARTS) is 1. The zero-order valence-electron chi connectivity index (χ0n) is 19.7. The average Bonchev–Trinajstić information content (AvgIpc) is 3.25. The molecule has 0 radical (unpaired) electrons. The van der Waals surface area contributed by atoms with Crippen LogP contribution < -0.4 is 10.7 Å². The quantitative estimate of drug-likeness (QED) is 0.486. The maximum Gasteiger partial charge on any atom is 0.321 e. The lowest BCUT2D eigenvalue weighted by atomic mass is 9.89. The van der Waals surface area contributed by atoms with Crippen LogP contribution in [0.3, 0.4) is 0 Å². The maximum atomic E-state index is 15.0. The number of amides is 1. The molecule has 3 aromatic rings. The maximum absolute atomic E-state index is 15.0. The number of hydrogen-bond donors (Lipinski definition) is 3. The van der Waals surface area contributed by atoms with E-state index in [0.717, 1.165) is 5.56 Å². The Kier molecular flexibility index (Phi) is 6.71. The molecule has 0 bridgehead atoms. The Labute approximate surface area is 206 Å². The molecular weight excluding hydrogens is 473 g/mol. The number of aromatic amines is 1. The molecule has 4 rings (SSSR count). The van der Waals surface area contributed by atoms with Gasteiger partial charge in [-0.15, -0.1) is 0 Å². The van der Waals surface area contributed by atoms with E-state index in [-0.39, 0.29) is 28.6 Å². The van der Waals surface area contributed by atoms with Gasteiger partial charge in [-0.1, -0.05) is 23.7 Å². The highest BCUT2D eigenvalue weighted by Gasteiger charge is 2.44. The molecule has 7 nitrogen and oxygen atoms in total. The number of hydrogen-bond acceptors (Lipinski definition) is 4. The summed E-state index contributed by atoms with van der Waals surface area (Å²) in [4.78, 5) is 42.7. The Morgan fingerprint density at radius 2 is 1.91 bits per heavy atom. The summed E-state index contributed by atoms with van der Waals surface area (Å²) in [6.07, 6.45) is 1.71. The van der Waals surface area contributed by atoms with E-state index in [1.807, 2.05) is 25.7 Å². The first-order valence-corrected chi connectivity index (χ1v) is 11.7. The number of nitrogens with zero attached hydrogens (tertiary/aromatic N) is 1. The molecule has 1 fully saturated rings. The van der Waals surface area contributed by atoms with Gasteiger partial charge in [-0.25, -0.2) is 4.39 Å². The van der Waals surface area contributed by atoms with Gasteiger partial charge in [-0.2, -0.15) is 0 Å². The van der Waals surface area contributed by atoms with Crippen LogP contribution in [0.5, 0.6) is 0 Å². The number of halogens is 2. The molecule has 9 heteroatoms. The number of pyridine rings is 1. The number of likely N-dealkylation sites (tertiary alicyclic amines) is 1. The fraction of sp³-hybridized carbons (Fsp3) is 0.346. The minimum Gasteiger partial charge on any atom is -0.480 e. The Morgan fingerprint density at radius 3 is 2.54 bits per heavy atom. The van der Waals surface area contributed by atoms with Crippen LogP contribution in [0.4, 0.5) is 4.39 Å². The number of carbonyl (C=O) groups excluding carboxylic acids is 1. The third kappa shape index (κ3) is 4.94. The largest absolute Gasteiger partial charge is 0.480 e. The third-order valence-electron chi connectivity index (χ3n) is 6.51. The number of nitrogens with one attached hydrogen (secondary N) is 2. The van der Waals surface area contributed by atoms with Crippen LogP contribution in [0.2, 0.25) is 5.02 Å². The lowest BCUT2D eigenvalue weighted by molar-refractivity contribution is -0.144. The topological polar surface area (TPSA) is 103 Å². The second-order valence-electron chi connectivity index (χ2n) is 9.81. The van der Waals surface area contributed by atoms with Crippen molar-refractivity contribution in [2.75, 3.05) is 6.54 Å². The number of aliphatic carboxylic acids is 1. The molecule has 2 unspecified atom stereocenters. The predicted octanol–water partition coefficient (Wildman–Crippen LogP) is 4.29. The molecule has 2 aromatic carbocycles. The first kappa shape index (κ1) is 24.9. The van der Waals surface area contributed by atoms with Crippen molar-refractivity contribution in [2.24, 2.45) is 0 Å². The van der Waals surface area contributed by atoms with Gasteiger partial charge in [0, 0.05) is 41.2 Å². The molecule has 1 aliphatic heterocycles. The molecule has 184 valence electrons. The fourth-order valence-electron chi connectivity index (χ4n) is 4.77. The summed E-state index contributed by atoms with van der Waals surface area (Å²) in [6.45, 7) is 6.53. The Hall–Kier alpha value is -3.23. The monoisotopic (exact) mass is 499 g/mol. The zero-order chi connectivity index (χ0) is 25.5. The smallest absolute Gasteiger partial charge is 0.321 e. The van der Waals surface area contributed by atoms with Gasteiger partial charge in [-0.3, -0.25) is 19.3 Å². The Balaban J connectivity index is 1.67. The fourth-order valence-corrected chi connectivity index (χ4v) is 4.90. The van der Waals surface area contributed by atoms with E-state index < -0.39 is 35.1 Å². The second kappa shape index (κ2) is 9.43. The van der Waals surface area contributed by atoms with Crippen molar-refractivity contribution in [3.05, 3.63) is 80.3 Å². The van der Waals surface area contributed by atoms with E-state index in [0.29, 0.717) is 23.6 Å². The van der Waals surface area contributed by atoms with Gasteiger partial charge >= 0.3 is 5.97 Å². The van der Waals surface area contributed by atoms with Crippen LogP contribution in [-0.4, -0.2) is 45.0 Å². The number of H-pyrrole nitrogens is 1. The summed E-state index contributed by atoms with van der Waals surface area (Å²) >= 11 is 5.88. The van der Waals surface area contributed by atoms with Crippen molar-refractivity contribution in [1.29, 1.82) is 0 Å². The number of benzene rings is 2. The number of fused-ring (bicyclic) bond motifs is 1. The Bertz CT molecular complexity index is 1350. The summed E-state index contributed by atoms with van der Waals surface area (Å²) in [6, 6.07) is 8.86. The molecule has 2 atom stereocenters.